The van der Waals surface area contributed by atoms with Gasteiger partial charge in [0.15, 0.2) is 0 Å². The van der Waals surface area contributed by atoms with E-state index in [1.165, 1.54) is 38.1 Å². The SMILES string of the molecule is C=CC[NH+](CC=C)C[C@H](O)Cn1c(-c2ccccc2)c(-c2ccccc2)c2cc(C)cc(C)c21. The highest BCUT2D eigenvalue weighted by Gasteiger charge is 2.24. The van der Waals surface area contributed by atoms with E-state index in [-0.39, 0.29) is 0 Å². The smallest absolute Gasteiger partial charge is 0.121 e. The highest BCUT2D eigenvalue weighted by Crippen LogP contribution is 2.42. The second kappa shape index (κ2) is 10.7. The molecule has 4 rings (SSSR count). The number of hydrogen-bond donors (Lipinski definition) is 2. The van der Waals surface area contributed by atoms with Crippen molar-refractivity contribution in [1.29, 1.82) is 0 Å². The minimum atomic E-state index is -0.503. The Morgan fingerprint density at radius 2 is 1.47 bits per heavy atom. The molecule has 0 aliphatic heterocycles. The minimum Gasteiger partial charge on any atom is -0.385 e. The molecule has 1 aromatic heterocycles. The normalized spacial score (nSPS) is 12.2. The number of nitrogens with zero attached hydrogens (tertiary/aromatic N) is 1. The van der Waals surface area contributed by atoms with Crippen LogP contribution in [0.25, 0.3) is 33.3 Å². The monoisotopic (exact) mass is 451 g/mol. The van der Waals surface area contributed by atoms with Gasteiger partial charge in [-0.05, 0) is 48.8 Å². The summed E-state index contributed by atoms with van der Waals surface area (Å²) in [5.41, 5.74) is 8.38. The van der Waals surface area contributed by atoms with E-state index in [1.807, 2.05) is 12.2 Å². The van der Waals surface area contributed by atoms with Gasteiger partial charge in [0.2, 0.25) is 0 Å². The van der Waals surface area contributed by atoms with E-state index in [2.05, 4.69) is 104 Å². The first-order valence-corrected chi connectivity index (χ1v) is 12.0. The first-order valence-electron chi connectivity index (χ1n) is 12.0. The second-order valence-electron chi connectivity index (χ2n) is 9.14. The topological polar surface area (TPSA) is 29.6 Å². The maximum Gasteiger partial charge on any atom is 0.121 e. The Morgan fingerprint density at radius 3 is 2.06 bits per heavy atom. The molecule has 1 atom stereocenters. The quantitative estimate of drug-likeness (QED) is 0.319. The van der Waals surface area contributed by atoms with Crippen molar-refractivity contribution >= 4 is 10.9 Å². The van der Waals surface area contributed by atoms with E-state index in [9.17, 15) is 5.11 Å². The predicted molar refractivity (Wildman–Crippen MR) is 144 cm³/mol. The van der Waals surface area contributed by atoms with E-state index in [4.69, 9.17) is 0 Å². The molecule has 0 fully saturated rings. The molecule has 34 heavy (non-hydrogen) atoms. The number of nitrogens with one attached hydrogen (secondary N) is 1. The van der Waals surface area contributed by atoms with Gasteiger partial charge in [-0.25, -0.2) is 0 Å². The number of hydrogen-bond acceptors (Lipinski definition) is 1. The van der Waals surface area contributed by atoms with Crippen molar-refractivity contribution in [2.75, 3.05) is 19.6 Å². The zero-order valence-electron chi connectivity index (χ0n) is 20.3. The summed E-state index contributed by atoms with van der Waals surface area (Å²) in [6, 6.07) is 25.7. The molecule has 3 heteroatoms. The summed E-state index contributed by atoms with van der Waals surface area (Å²) in [5.74, 6) is 0. The lowest BCUT2D eigenvalue weighted by Crippen LogP contribution is -3.12. The summed E-state index contributed by atoms with van der Waals surface area (Å²) in [4.78, 5) is 1.26. The maximum absolute atomic E-state index is 11.3. The Hall–Kier alpha value is -3.40. The third kappa shape index (κ3) is 4.91. The molecule has 174 valence electrons. The van der Waals surface area contributed by atoms with Crippen LogP contribution in [0.2, 0.25) is 0 Å². The van der Waals surface area contributed by atoms with Crippen LogP contribution in [0, 0.1) is 13.8 Å². The fourth-order valence-corrected chi connectivity index (χ4v) is 5.13. The van der Waals surface area contributed by atoms with Gasteiger partial charge < -0.3 is 14.6 Å². The molecule has 0 aliphatic rings. The summed E-state index contributed by atoms with van der Waals surface area (Å²) >= 11 is 0. The maximum atomic E-state index is 11.3. The molecular weight excluding hydrogens is 416 g/mol. The van der Waals surface area contributed by atoms with E-state index in [1.54, 1.807) is 0 Å². The van der Waals surface area contributed by atoms with Crippen molar-refractivity contribution in [3.63, 3.8) is 0 Å². The number of aliphatic hydroxyl groups is 1. The van der Waals surface area contributed by atoms with Gasteiger partial charge in [-0.3, -0.25) is 0 Å². The van der Waals surface area contributed by atoms with Crippen LogP contribution in [-0.2, 0) is 6.54 Å². The van der Waals surface area contributed by atoms with Crippen molar-refractivity contribution in [3.8, 4) is 22.4 Å². The van der Waals surface area contributed by atoms with Crippen LogP contribution in [0.15, 0.2) is 98.1 Å². The van der Waals surface area contributed by atoms with Crippen LogP contribution < -0.4 is 4.90 Å². The summed E-state index contributed by atoms with van der Waals surface area (Å²) in [6.45, 7) is 14.9. The predicted octanol–water partition coefficient (Wildman–Crippen LogP) is 5.21. The molecule has 0 spiro atoms. The number of aromatic nitrogens is 1. The highest BCUT2D eigenvalue weighted by atomic mass is 16.3. The molecule has 2 N–H and O–H groups in total. The molecule has 0 bridgehead atoms. The van der Waals surface area contributed by atoms with Gasteiger partial charge in [0.25, 0.3) is 0 Å². The average molecular weight is 452 g/mol. The molecule has 0 radical (unpaired) electrons. The van der Waals surface area contributed by atoms with Crippen LogP contribution in [0.1, 0.15) is 11.1 Å². The number of rotatable bonds is 10. The fraction of sp³-hybridized carbons (Fsp3) is 0.226. The van der Waals surface area contributed by atoms with Gasteiger partial charge in [-0.1, -0.05) is 85.5 Å². The standard InChI is InChI=1S/C31H34N2O/c1-5-17-32(18-6-2)21-27(34)22-33-30-24(4)19-23(3)20-28(30)29(25-13-9-7-10-14-25)31(33)26-15-11-8-12-16-26/h5-16,19-20,27,34H,1-2,17-18,21-22H2,3-4H3/p+1/t27-/m0/s1. The molecule has 3 nitrogen and oxygen atoms in total. The summed E-state index contributed by atoms with van der Waals surface area (Å²) < 4.78 is 2.34. The molecule has 0 saturated heterocycles. The van der Waals surface area contributed by atoms with Crippen LogP contribution in [0.3, 0.4) is 0 Å². The Kier molecular flexibility index (Phi) is 7.46. The molecule has 0 aliphatic carbocycles. The second-order valence-corrected chi connectivity index (χ2v) is 9.14. The van der Waals surface area contributed by atoms with Crippen LogP contribution >= 0.6 is 0 Å². The van der Waals surface area contributed by atoms with Crippen LogP contribution in [0.4, 0.5) is 0 Å². The van der Waals surface area contributed by atoms with E-state index in [0.717, 1.165) is 24.3 Å². The third-order valence-corrected chi connectivity index (χ3v) is 6.38. The first-order chi connectivity index (χ1) is 16.5. The van der Waals surface area contributed by atoms with E-state index < -0.39 is 6.10 Å². The molecule has 0 unspecified atom stereocenters. The van der Waals surface area contributed by atoms with Gasteiger partial charge in [0.1, 0.15) is 12.6 Å². The van der Waals surface area contributed by atoms with Crippen molar-refractivity contribution in [3.05, 3.63) is 109 Å². The number of aryl methyl sites for hydroxylation is 2. The number of quaternary nitrogens is 1. The van der Waals surface area contributed by atoms with E-state index in [0.29, 0.717) is 13.1 Å². The Balaban J connectivity index is 1.93. The fourth-order valence-electron chi connectivity index (χ4n) is 5.13. The molecule has 3 aromatic carbocycles. The summed E-state index contributed by atoms with van der Waals surface area (Å²) in [5, 5.41) is 12.5. The first kappa shape index (κ1) is 23.7. The number of aliphatic hydroxyl groups excluding tert-OH is 1. The number of benzene rings is 3. The highest BCUT2D eigenvalue weighted by molar-refractivity contribution is 6.06. The minimum absolute atomic E-state index is 0.503. The lowest BCUT2D eigenvalue weighted by molar-refractivity contribution is -0.891. The van der Waals surface area contributed by atoms with Gasteiger partial charge in [-0.15, -0.1) is 0 Å². The molecule has 0 saturated carbocycles. The Bertz CT molecular complexity index is 1260. The average Bonchev–Trinajstić information content (AvgIpc) is 3.14. The van der Waals surface area contributed by atoms with Crippen molar-refractivity contribution < 1.29 is 10.0 Å². The van der Waals surface area contributed by atoms with Crippen LogP contribution in [0.5, 0.6) is 0 Å². The van der Waals surface area contributed by atoms with Gasteiger partial charge in [0.05, 0.1) is 30.8 Å². The Morgan fingerprint density at radius 1 is 0.882 bits per heavy atom. The molecule has 0 amide bonds. The third-order valence-electron chi connectivity index (χ3n) is 6.38. The van der Waals surface area contributed by atoms with Gasteiger partial charge >= 0.3 is 0 Å². The molecule has 4 aromatic rings. The lowest BCUT2D eigenvalue weighted by atomic mass is 9.97. The van der Waals surface area contributed by atoms with Gasteiger partial charge in [0, 0.05) is 10.9 Å². The van der Waals surface area contributed by atoms with Gasteiger partial charge in [-0.2, -0.15) is 0 Å². The van der Waals surface area contributed by atoms with E-state index >= 15 is 0 Å². The zero-order chi connectivity index (χ0) is 24.1. The lowest BCUT2D eigenvalue weighted by Gasteiger charge is -2.22. The summed E-state index contributed by atoms with van der Waals surface area (Å²) in [7, 11) is 0. The Labute approximate surface area is 203 Å². The zero-order valence-corrected chi connectivity index (χ0v) is 20.3. The summed E-state index contributed by atoms with van der Waals surface area (Å²) in [6.07, 6.45) is 3.32. The number of fused-ring (bicyclic) bond motifs is 1. The van der Waals surface area contributed by atoms with Crippen LogP contribution in [-0.4, -0.2) is 35.4 Å². The molecular formula is C31H35N2O+. The van der Waals surface area contributed by atoms with Crippen molar-refractivity contribution in [1.82, 2.24) is 4.57 Å². The van der Waals surface area contributed by atoms with Crippen molar-refractivity contribution in [2.45, 2.75) is 26.5 Å². The van der Waals surface area contributed by atoms with Crippen molar-refractivity contribution in [2.24, 2.45) is 0 Å². The largest absolute Gasteiger partial charge is 0.385 e. The molecule has 1 heterocycles.